The molecule has 1 rings (SSSR count). The predicted molar refractivity (Wildman–Crippen MR) is 64.5 cm³/mol. The summed E-state index contributed by atoms with van der Waals surface area (Å²) in [5.41, 5.74) is -1.32. The summed E-state index contributed by atoms with van der Waals surface area (Å²) in [5.74, 6) is -0.849. The van der Waals surface area contributed by atoms with Crippen LogP contribution < -0.4 is 5.32 Å². The highest BCUT2D eigenvalue weighted by Gasteiger charge is 2.35. The summed E-state index contributed by atoms with van der Waals surface area (Å²) in [5, 5.41) is 2.12. The van der Waals surface area contributed by atoms with Gasteiger partial charge in [0.15, 0.2) is 0 Å². The molecule has 0 fully saturated rings. The van der Waals surface area contributed by atoms with Gasteiger partial charge in [0.05, 0.1) is 16.3 Å². The number of hydrogen-bond acceptors (Lipinski definition) is 1. The molecular weight excluding hydrogens is 267 g/mol. The Morgan fingerprint density at radius 2 is 2.06 bits per heavy atom. The molecule has 0 saturated heterocycles. The molecule has 1 aromatic rings. The predicted octanol–water partition coefficient (Wildman–Crippen LogP) is 4.34. The van der Waals surface area contributed by atoms with E-state index in [9.17, 15) is 18.0 Å². The SMILES string of the molecule is CCC(C)C(=O)Nc1c(Cl)cccc1C(F)(F)F. The van der Waals surface area contributed by atoms with Crippen molar-refractivity contribution in [2.75, 3.05) is 5.32 Å². The van der Waals surface area contributed by atoms with E-state index in [0.29, 0.717) is 6.42 Å². The highest BCUT2D eigenvalue weighted by atomic mass is 35.5. The van der Waals surface area contributed by atoms with E-state index < -0.39 is 17.6 Å². The molecule has 1 aromatic carbocycles. The molecule has 1 unspecified atom stereocenters. The summed E-state index contributed by atoms with van der Waals surface area (Å²) in [6.45, 7) is 3.42. The van der Waals surface area contributed by atoms with Crippen LogP contribution in [0.4, 0.5) is 18.9 Å². The molecule has 0 saturated carbocycles. The van der Waals surface area contributed by atoms with Gasteiger partial charge in [0, 0.05) is 5.92 Å². The molecule has 1 N–H and O–H groups in total. The van der Waals surface area contributed by atoms with E-state index in [1.807, 2.05) is 0 Å². The van der Waals surface area contributed by atoms with Crippen molar-refractivity contribution in [3.05, 3.63) is 28.8 Å². The van der Waals surface area contributed by atoms with Crippen molar-refractivity contribution in [1.29, 1.82) is 0 Å². The molecule has 18 heavy (non-hydrogen) atoms. The quantitative estimate of drug-likeness (QED) is 0.876. The highest BCUT2D eigenvalue weighted by Crippen LogP contribution is 2.38. The molecule has 6 heteroatoms. The van der Waals surface area contributed by atoms with Crippen molar-refractivity contribution in [3.63, 3.8) is 0 Å². The number of para-hydroxylation sites is 1. The lowest BCUT2D eigenvalue weighted by atomic mass is 10.1. The number of hydrogen-bond donors (Lipinski definition) is 1. The van der Waals surface area contributed by atoms with Crippen LogP contribution in [0.15, 0.2) is 18.2 Å². The largest absolute Gasteiger partial charge is 0.418 e. The number of nitrogens with one attached hydrogen (secondary N) is 1. The van der Waals surface area contributed by atoms with E-state index in [2.05, 4.69) is 5.32 Å². The van der Waals surface area contributed by atoms with Gasteiger partial charge in [0.25, 0.3) is 0 Å². The van der Waals surface area contributed by atoms with Crippen LogP contribution in [-0.2, 0) is 11.0 Å². The Labute approximate surface area is 108 Å². The van der Waals surface area contributed by atoms with Crippen molar-refractivity contribution >= 4 is 23.2 Å². The number of alkyl halides is 3. The lowest BCUT2D eigenvalue weighted by molar-refractivity contribution is -0.137. The summed E-state index contributed by atoms with van der Waals surface area (Å²) in [6.07, 6.45) is -4.01. The van der Waals surface area contributed by atoms with Crippen molar-refractivity contribution in [2.24, 2.45) is 5.92 Å². The molecule has 2 nitrogen and oxygen atoms in total. The van der Waals surface area contributed by atoms with Crippen LogP contribution in [0.2, 0.25) is 5.02 Å². The number of rotatable bonds is 3. The zero-order valence-electron chi connectivity index (χ0n) is 9.94. The van der Waals surface area contributed by atoms with Crippen molar-refractivity contribution < 1.29 is 18.0 Å². The number of amides is 1. The first kappa shape index (κ1) is 14.8. The maximum absolute atomic E-state index is 12.8. The number of carbonyl (C=O) groups excluding carboxylic acids is 1. The Hall–Kier alpha value is -1.23. The van der Waals surface area contributed by atoms with Crippen LogP contribution in [0, 0.1) is 5.92 Å². The van der Waals surface area contributed by atoms with Gasteiger partial charge in [-0.05, 0) is 18.6 Å². The highest BCUT2D eigenvalue weighted by molar-refractivity contribution is 6.34. The van der Waals surface area contributed by atoms with Crippen LogP contribution in [0.25, 0.3) is 0 Å². The number of anilines is 1. The van der Waals surface area contributed by atoms with E-state index in [1.54, 1.807) is 13.8 Å². The number of halogens is 4. The molecule has 1 atom stereocenters. The van der Waals surface area contributed by atoms with Gasteiger partial charge in [-0.3, -0.25) is 4.79 Å². The molecule has 0 bridgehead atoms. The molecule has 0 aliphatic carbocycles. The lowest BCUT2D eigenvalue weighted by Crippen LogP contribution is -2.22. The van der Waals surface area contributed by atoms with Crippen LogP contribution in [0.1, 0.15) is 25.8 Å². The number of carbonyl (C=O) groups is 1. The summed E-state index contributed by atoms with van der Waals surface area (Å²) < 4.78 is 38.3. The monoisotopic (exact) mass is 279 g/mol. The first-order chi connectivity index (χ1) is 8.27. The molecule has 0 radical (unpaired) electrons. The van der Waals surface area contributed by atoms with Gasteiger partial charge in [-0.25, -0.2) is 0 Å². The Kier molecular flexibility index (Phi) is 4.62. The molecule has 100 valence electrons. The van der Waals surface area contributed by atoms with E-state index >= 15 is 0 Å². The summed E-state index contributed by atoms with van der Waals surface area (Å²) in [4.78, 5) is 11.6. The maximum Gasteiger partial charge on any atom is 0.418 e. The standard InChI is InChI=1S/C12H13ClF3NO/c1-3-7(2)11(18)17-10-8(12(14,15)16)5-4-6-9(10)13/h4-7H,3H2,1-2H3,(H,17,18). The van der Waals surface area contributed by atoms with E-state index in [1.165, 1.54) is 12.1 Å². The maximum atomic E-state index is 12.8. The van der Waals surface area contributed by atoms with Crippen molar-refractivity contribution in [1.82, 2.24) is 0 Å². The fraction of sp³-hybridized carbons (Fsp3) is 0.417. The average molecular weight is 280 g/mol. The minimum absolute atomic E-state index is 0.124. The van der Waals surface area contributed by atoms with E-state index in [0.717, 1.165) is 6.07 Å². The van der Waals surface area contributed by atoms with Gasteiger partial charge in [-0.1, -0.05) is 31.5 Å². The minimum atomic E-state index is -4.55. The molecular formula is C12H13ClF3NO. The van der Waals surface area contributed by atoms with Crippen LogP contribution >= 0.6 is 11.6 Å². The van der Waals surface area contributed by atoms with Crippen molar-refractivity contribution in [3.8, 4) is 0 Å². The molecule has 0 aromatic heterocycles. The minimum Gasteiger partial charge on any atom is -0.324 e. The summed E-state index contributed by atoms with van der Waals surface area (Å²) >= 11 is 5.71. The smallest absolute Gasteiger partial charge is 0.324 e. The zero-order valence-corrected chi connectivity index (χ0v) is 10.7. The fourth-order valence-corrected chi connectivity index (χ4v) is 1.54. The first-order valence-electron chi connectivity index (χ1n) is 5.44. The van der Waals surface area contributed by atoms with Gasteiger partial charge in [-0.15, -0.1) is 0 Å². The average Bonchev–Trinajstić information content (AvgIpc) is 2.29. The van der Waals surface area contributed by atoms with Gasteiger partial charge in [0.2, 0.25) is 5.91 Å². The van der Waals surface area contributed by atoms with Gasteiger partial charge >= 0.3 is 6.18 Å². The lowest BCUT2D eigenvalue weighted by Gasteiger charge is -2.16. The number of benzene rings is 1. The molecule has 0 aliphatic rings. The van der Waals surface area contributed by atoms with Crippen molar-refractivity contribution in [2.45, 2.75) is 26.4 Å². The third-order valence-corrected chi connectivity index (χ3v) is 2.94. The van der Waals surface area contributed by atoms with Crippen LogP contribution in [0.5, 0.6) is 0 Å². The topological polar surface area (TPSA) is 29.1 Å². The molecule has 0 spiro atoms. The first-order valence-corrected chi connectivity index (χ1v) is 5.81. The molecule has 0 heterocycles. The Morgan fingerprint density at radius 3 is 2.56 bits per heavy atom. The summed E-state index contributed by atoms with van der Waals surface area (Å²) in [7, 11) is 0. The molecule has 0 aliphatic heterocycles. The fourth-order valence-electron chi connectivity index (χ4n) is 1.32. The van der Waals surface area contributed by atoms with Crippen LogP contribution in [0.3, 0.4) is 0 Å². The third kappa shape index (κ3) is 3.38. The third-order valence-electron chi connectivity index (χ3n) is 2.63. The second-order valence-electron chi connectivity index (χ2n) is 3.96. The normalized spacial score (nSPS) is 13.2. The zero-order chi connectivity index (χ0) is 13.9. The second kappa shape index (κ2) is 5.61. The second-order valence-corrected chi connectivity index (χ2v) is 4.37. The Morgan fingerprint density at radius 1 is 1.44 bits per heavy atom. The molecule has 1 amide bonds. The Balaban J connectivity index is 3.12. The van der Waals surface area contributed by atoms with Crippen LogP contribution in [-0.4, -0.2) is 5.91 Å². The van der Waals surface area contributed by atoms with E-state index in [4.69, 9.17) is 11.6 Å². The van der Waals surface area contributed by atoms with Gasteiger partial charge in [-0.2, -0.15) is 13.2 Å². The summed E-state index contributed by atoms with van der Waals surface area (Å²) in [6, 6.07) is 3.39. The Bertz CT molecular complexity index is 445. The van der Waals surface area contributed by atoms with Gasteiger partial charge in [0.1, 0.15) is 0 Å². The van der Waals surface area contributed by atoms with Gasteiger partial charge < -0.3 is 5.32 Å². The van der Waals surface area contributed by atoms with E-state index in [-0.39, 0.29) is 16.6 Å².